The molecule has 0 unspecified atom stereocenters. The molecule has 0 saturated carbocycles. The van der Waals surface area contributed by atoms with Gasteiger partial charge in [-0.3, -0.25) is 0 Å². The van der Waals surface area contributed by atoms with Gasteiger partial charge in [0.25, 0.3) is 0 Å². The third-order valence-corrected chi connectivity index (χ3v) is 2.30. The average Bonchev–Trinajstić information content (AvgIpc) is 2.17. The van der Waals surface area contributed by atoms with E-state index in [9.17, 15) is 0 Å². The first kappa shape index (κ1) is 9.53. The number of hydrogen-bond donors (Lipinski definition) is 0. The largest absolute Gasteiger partial charge is 0.119 e. The maximum absolute atomic E-state index is 8.28. The number of thioether (sulfide) groups is 1. The molecule has 0 heterocycles. The molecule has 3 nitrogen and oxygen atoms in total. The van der Waals surface area contributed by atoms with Crippen LogP contribution in [0, 0.1) is 12.3 Å². The first-order valence-electron chi connectivity index (χ1n) is 3.59. The molecular weight excluding hydrogens is 182 g/mol. The van der Waals surface area contributed by atoms with Gasteiger partial charge < -0.3 is 0 Å². The Morgan fingerprint density at radius 2 is 2.31 bits per heavy atom. The van der Waals surface area contributed by atoms with Gasteiger partial charge in [-0.05, 0) is 11.6 Å². The molecule has 0 spiro atoms. The number of rotatable bonds is 3. The van der Waals surface area contributed by atoms with Crippen molar-refractivity contribution in [1.82, 2.24) is 0 Å². The fourth-order valence-electron chi connectivity index (χ4n) is 0.829. The van der Waals surface area contributed by atoms with Crippen LogP contribution in [-0.2, 0) is 0 Å². The lowest BCUT2D eigenvalue weighted by Crippen LogP contribution is -1.74. The predicted molar refractivity (Wildman–Crippen MR) is 54.8 cm³/mol. The van der Waals surface area contributed by atoms with E-state index in [-0.39, 0.29) is 0 Å². The summed E-state index contributed by atoms with van der Waals surface area (Å²) < 4.78 is 0. The van der Waals surface area contributed by atoms with Crippen LogP contribution >= 0.6 is 11.8 Å². The van der Waals surface area contributed by atoms with Crippen molar-refractivity contribution >= 4 is 17.4 Å². The number of hydrogen-bond acceptors (Lipinski definition) is 2. The van der Waals surface area contributed by atoms with E-state index in [1.54, 1.807) is 6.07 Å². The molecule has 0 fully saturated rings. The summed E-state index contributed by atoms with van der Waals surface area (Å²) in [4.78, 5) is 3.65. The summed E-state index contributed by atoms with van der Waals surface area (Å²) in [6.45, 7) is 0. The summed E-state index contributed by atoms with van der Waals surface area (Å²) in [6.07, 6.45) is 5.13. The van der Waals surface area contributed by atoms with Crippen molar-refractivity contribution in [2.45, 2.75) is 4.90 Å². The number of benzene rings is 1. The molecule has 0 aliphatic carbocycles. The maximum atomic E-state index is 8.28. The molecule has 0 aliphatic heterocycles. The van der Waals surface area contributed by atoms with Gasteiger partial charge in [-0.2, -0.15) is 0 Å². The molecule has 0 N–H and O–H groups in total. The highest BCUT2D eigenvalue weighted by molar-refractivity contribution is 7.99. The Balaban J connectivity index is 2.92. The van der Waals surface area contributed by atoms with Crippen LogP contribution in [0.5, 0.6) is 0 Å². The van der Waals surface area contributed by atoms with Crippen LogP contribution in [-0.4, -0.2) is 5.75 Å². The Kier molecular flexibility index (Phi) is 3.77. The van der Waals surface area contributed by atoms with Gasteiger partial charge in [-0.15, -0.1) is 18.2 Å². The first-order valence-corrected chi connectivity index (χ1v) is 4.57. The Morgan fingerprint density at radius 1 is 1.54 bits per heavy atom. The minimum absolute atomic E-state index is 0.581. The number of terminal acetylenes is 1. The first-order chi connectivity index (χ1) is 6.38. The van der Waals surface area contributed by atoms with Crippen LogP contribution in [0.1, 0.15) is 0 Å². The second-order valence-corrected chi connectivity index (χ2v) is 3.17. The van der Waals surface area contributed by atoms with E-state index in [2.05, 4.69) is 15.9 Å². The summed E-state index contributed by atoms with van der Waals surface area (Å²) in [5.41, 5.74) is 8.91. The normalized spacial score (nSPS) is 8.54. The average molecular weight is 189 g/mol. The van der Waals surface area contributed by atoms with Crippen molar-refractivity contribution in [3.05, 3.63) is 34.7 Å². The zero-order chi connectivity index (χ0) is 9.52. The number of azide groups is 1. The SMILES string of the molecule is C#CCSc1ccccc1N=[N+]=[N-]. The van der Waals surface area contributed by atoms with Crippen molar-refractivity contribution in [1.29, 1.82) is 0 Å². The summed E-state index contributed by atoms with van der Waals surface area (Å²) in [7, 11) is 0. The van der Waals surface area contributed by atoms with Crippen LogP contribution in [0.4, 0.5) is 5.69 Å². The highest BCUT2D eigenvalue weighted by Crippen LogP contribution is 2.28. The third-order valence-electron chi connectivity index (χ3n) is 1.33. The van der Waals surface area contributed by atoms with Crippen molar-refractivity contribution in [2.24, 2.45) is 5.11 Å². The second-order valence-electron chi connectivity index (χ2n) is 2.15. The summed E-state index contributed by atoms with van der Waals surface area (Å²) in [6, 6.07) is 7.35. The van der Waals surface area contributed by atoms with E-state index in [0.717, 1.165) is 4.90 Å². The molecule has 4 heteroatoms. The van der Waals surface area contributed by atoms with E-state index in [1.165, 1.54) is 11.8 Å². The lowest BCUT2D eigenvalue weighted by molar-refractivity contribution is 1.35. The molecule has 13 heavy (non-hydrogen) atoms. The van der Waals surface area contributed by atoms with E-state index in [1.807, 2.05) is 18.2 Å². The molecular formula is C9H7N3S. The fraction of sp³-hybridized carbons (Fsp3) is 0.111. The Morgan fingerprint density at radius 3 is 3.00 bits per heavy atom. The highest BCUT2D eigenvalue weighted by Gasteiger charge is 1.97. The van der Waals surface area contributed by atoms with Crippen LogP contribution in [0.25, 0.3) is 10.4 Å². The predicted octanol–water partition coefficient (Wildman–Crippen LogP) is 3.35. The lowest BCUT2D eigenvalue weighted by Gasteiger charge is -2.00. The topological polar surface area (TPSA) is 48.8 Å². The Labute approximate surface area is 80.8 Å². The molecule has 1 aromatic rings. The molecule has 0 bridgehead atoms. The van der Waals surface area contributed by atoms with Gasteiger partial charge in [0, 0.05) is 9.81 Å². The Bertz CT molecular complexity index is 375. The molecule has 0 aromatic heterocycles. The Hall–Kier alpha value is -1.56. The summed E-state index contributed by atoms with van der Waals surface area (Å²) in [5.74, 6) is 3.10. The van der Waals surface area contributed by atoms with Crippen LogP contribution < -0.4 is 0 Å². The summed E-state index contributed by atoms with van der Waals surface area (Å²) >= 11 is 1.49. The van der Waals surface area contributed by atoms with Gasteiger partial charge in [0.15, 0.2) is 0 Å². The smallest absolute Gasteiger partial charge is 0.0592 e. The van der Waals surface area contributed by atoms with E-state index >= 15 is 0 Å². The van der Waals surface area contributed by atoms with Gasteiger partial charge in [-0.25, -0.2) is 0 Å². The third kappa shape index (κ3) is 2.75. The van der Waals surface area contributed by atoms with Crippen molar-refractivity contribution in [2.75, 3.05) is 5.75 Å². The molecule has 0 amide bonds. The molecule has 0 aliphatic rings. The van der Waals surface area contributed by atoms with E-state index in [4.69, 9.17) is 12.0 Å². The molecule has 1 rings (SSSR count). The minimum atomic E-state index is 0.581. The van der Waals surface area contributed by atoms with E-state index in [0.29, 0.717) is 11.4 Å². The zero-order valence-electron chi connectivity index (χ0n) is 6.84. The van der Waals surface area contributed by atoms with Gasteiger partial charge >= 0.3 is 0 Å². The lowest BCUT2D eigenvalue weighted by atomic mass is 10.3. The summed E-state index contributed by atoms with van der Waals surface area (Å²) in [5, 5.41) is 3.55. The number of nitrogens with zero attached hydrogens (tertiary/aromatic N) is 3. The van der Waals surface area contributed by atoms with Gasteiger partial charge in [0.05, 0.1) is 11.4 Å². The van der Waals surface area contributed by atoms with Gasteiger partial charge in [0.1, 0.15) is 0 Å². The van der Waals surface area contributed by atoms with Crippen LogP contribution in [0.2, 0.25) is 0 Å². The van der Waals surface area contributed by atoms with Crippen molar-refractivity contribution in [3.63, 3.8) is 0 Å². The molecule has 0 radical (unpaired) electrons. The van der Waals surface area contributed by atoms with Gasteiger partial charge in [-0.1, -0.05) is 29.2 Å². The second kappa shape index (κ2) is 5.15. The monoisotopic (exact) mass is 189 g/mol. The fourth-order valence-corrected chi connectivity index (χ4v) is 1.50. The van der Waals surface area contributed by atoms with Crippen LogP contribution in [0.3, 0.4) is 0 Å². The van der Waals surface area contributed by atoms with Gasteiger partial charge in [0.2, 0.25) is 0 Å². The zero-order valence-corrected chi connectivity index (χ0v) is 7.66. The standard InChI is InChI=1S/C9H7N3S/c1-2-7-13-9-6-4-3-5-8(9)11-12-10/h1,3-6H,7H2. The van der Waals surface area contributed by atoms with E-state index < -0.39 is 0 Å². The molecule has 1 aromatic carbocycles. The van der Waals surface area contributed by atoms with Crippen molar-refractivity contribution < 1.29 is 0 Å². The van der Waals surface area contributed by atoms with Crippen molar-refractivity contribution in [3.8, 4) is 12.3 Å². The quantitative estimate of drug-likeness (QED) is 0.236. The molecule has 64 valence electrons. The highest BCUT2D eigenvalue weighted by atomic mass is 32.2. The molecule has 0 saturated heterocycles. The molecule has 0 atom stereocenters. The minimum Gasteiger partial charge on any atom is -0.119 e. The maximum Gasteiger partial charge on any atom is 0.0592 e. The van der Waals surface area contributed by atoms with Crippen LogP contribution in [0.15, 0.2) is 34.3 Å².